The van der Waals surface area contributed by atoms with Crippen molar-refractivity contribution in [1.29, 1.82) is 0 Å². The van der Waals surface area contributed by atoms with E-state index in [2.05, 4.69) is 29.7 Å². The predicted octanol–water partition coefficient (Wildman–Crippen LogP) is 4.68. The summed E-state index contributed by atoms with van der Waals surface area (Å²) in [4.78, 5) is 12.2. The highest BCUT2D eigenvalue weighted by atomic mass is 16.5. The predicted molar refractivity (Wildman–Crippen MR) is 103 cm³/mol. The van der Waals surface area contributed by atoms with E-state index in [1.165, 1.54) is 0 Å². The molecule has 3 rings (SSSR count). The highest BCUT2D eigenvalue weighted by Gasteiger charge is 2.05. The first-order chi connectivity index (χ1) is 12.3. The SMILES string of the molecule is CCCOc1ccc(NC(=O)CNc2cccc3ccccc23)cc1. The van der Waals surface area contributed by atoms with Gasteiger partial charge in [0.1, 0.15) is 5.75 Å². The molecule has 4 heteroatoms. The van der Waals surface area contributed by atoms with E-state index < -0.39 is 0 Å². The number of carbonyl (C=O) groups is 1. The minimum absolute atomic E-state index is 0.0878. The Labute approximate surface area is 147 Å². The molecule has 0 bridgehead atoms. The van der Waals surface area contributed by atoms with Crippen molar-refractivity contribution in [3.8, 4) is 5.75 Å². The monoisotopic (exact) mass is 334 g/mol. The Kier molecular flexibility index (Phi) is 5.52. The second kappa shape index (κ2) is 8.20. The van der Waals surface area contributed by atoms with Crippen molar-refractivity contribution >= 4 is 28.1 Å². The highest BCUT2D eigenvalue weighted by Crippen LogP contribution is 2.22. The minimum atomic E-state index is -0.0878. The summed E-state index contributed by atoms with van der Waals surface area (Å²) in [7, 11) is 0. The molecule has 0 aliphatic heterocycles. The molecule has 0 fully saturated rings. The lowest BCUT2D eigenvalue weighted by Crippen LogP contribution is -2.21. The normalized spacial score (nSPS) is 10.4. The van der Waals surface area contributed by atoms with Crippen LogP contribution in [-0.2, 0) is 4.79 Å². The zero-order chi connectivity index (χ0) is 17.5. The van der Waals surface area contributed by atoms with Crippen LogP contribution >= 0.6 is 0 Å². The van der Waals surface area contributed by atoms with Gasteiger partial charge in [-0.3, -0.25) is 4.79 Å². The number of hydrogen-bond donors (Lipinski definition) is 2. The fourth-order valence-corrected chi connectivity index (χ4v) is 2.61. The van der Waals surface area contributed by atoms with Gasteiger partial charge in [-0.05, 0) is 42.1 Å². The summed E-state index contributed by atoms with van der Waals surface area (Å²) in [5.41, 5.74) is 1.71. The Balaban J connectivity index is 1.57. The third-order valence-electron chi connectivity index (χ3n) is 3.84. The average Bonchev–Trinajstić information content (AvgIpc) is 2.66. The molecule has 3 aromatic carbocycles. The van der Waals surface area contributed by atoms with Crippen LogP contribution in [0.15, 0.2) is 66.7 Å². The molecule has 0 saturated carbocycles. The van der Waals surface area contributed by atoms with Gasteiger partial charge >= 0.3 is 0 Å². The summed E-state index contributed by atoms with van der Waals surface area (Å²) in [6, 6.07) is 21.6. The average molecular weight is 334 g/mol. The fraction of sp³-hybridized carbons (Fsp3) is 0.190. The summed E-state index contributed by atoms with van der Waals surface area (Å²) in [6.07, 6.45) is 0.971. The lowest BCUT2D eigenvalue weighted by atomic mass is 10.1. The first-order valence-electron chi connectivity index (χ1n) is 8.50. The lowest BCUT2D eigenvalue weighted by Gasteiger charge is -2.11. The topological polar surface area (TPSA) is 50.4 Å². The van der Waals surface area contributed by atoms with Crippen LogP contribution in [0.25, 0.3) is 10.8 Å². The van der Waals surface area contributed by atoms with Crippen molar-refractivity contribution in [3.05, 3.63) is 66.7 Å². The van der Waals surface area contributed by atoms with Gasteiger partial charge in [0.15, 0.2) is 0 Å². The number of ether oxygens (including phenoxy) is 1. The van der Waals surface area contributed by atoms with E-state index in [1.54, 1.807) is 0 Å². The molecule has 0 heterocycles. The first kappa shape index (κ1) is 16.8. The number of nitrogens with one attached hydrogen (secondary N) is 2. The fourth-order valence-electron chi connectivity index (χ4n) is 2.61. The minimum Gasteiger partial charge on any atom is -0.494 e. The number of hydrogen-bond acceptors (Lipinski definition) is 3. The Morgan fingerprint density at radius 2 is 1.72 bits per heavy atom. The van der Waals surface area contributed by atoms with Gasteiger partial charge in [0.2, 0.25) is 5.91 Å². The second-order valence-electron chi connectivity index (χ2n) is 5.80. The smallest absolute Gasteiger partial charge is 0.243 e. The van der Waals surface area contributed by atoms with Gasteiger partial charge in [0.25, 0.3) is 0 Å². The molecule has 0 aliphatic rings. The van der Waals surface area contributed by atoms with Crippen molar-refractivity contribution in [2.75, 3.05) is 23.8 Å². The van der Waals surface area contributed by atoms with Crippen LogP contribution < -0.4 is 15.4 Å². The third kappa shape index (κ3) is 4.51. The molecule has 2 N–H and O–H groups in total. The number of anilines is 2. The Bertz CT molecular complexity index is 839. The second-order valence-corrected chi connectivity index (χ2v) is 5.80. The Morgan fingerprint density at radius 3 is 2.52 bits per heavy atom. The van der Waals surface area contributed by atoms with Gasteiger partial charge in [0, 0.05) is 16.8 Å². The van der Waals surface area contributed by atoms with E-state index in [-0.39, 0.29) is 12.5 Å². The molecule has 0 spiro atoms. The number of carbonyl (C=O) groups excluding carboxylic acids is 1. The molecule has 0 atom stereocenters. The van der Waals surface area contributed by atoms with Crippen molar-refractivity contribution in [1.82, 2.24) is 0 Å². The maximum atomic E-state index is 12.2. The molecule has 1 amide bonds. The number of amides is 1. The van der Waals surface area contributed by atoms with E-state index in [0.29, 0.717) is 6.61 Å². The Hall–Kier alpha value is -3.01. The van der Waals surface area contributed by atoms with Gasteiger partial charge in [-0.15, -0.1) is 0 Å². The van der Waals surface area contributed by atoms with Gasteiger partial charge in [-0.2, -0.15) is 0 Å². The van der Waals surface area contributed by atoms with Crippen molar-refractivity contribution < 1.29 is 9.53 Å². The zero-order valence-electron chi connectivity index (χ0n) is 14.3. The summed E-state index contributed by atoms with van der Waals surface area (Å²) in [6.45, 7) is 2.97. The molecular formula is C21H22N2O2. The van der Waals surface area contributed by atoms with Crippen LogP contribution in [0.4, 0.5) is 11.4 Å². The van der Waals surface area contributed by atoms with E-state index >= 15 is 0 Å². The first-order valence-corrected chi connectivity index (χ1v) is 8.50. The summed E-state index contributed by atoms with van der Waals surface area (Å²) in [5, 5.41) is 8.35. The van der Waals surface area contributed by atoms with E-state index in [0.717, 1.165) is 34.3 Å². The summed E-state index contributed by atoms with van der Waals surface area (Å²) in [5.74, 6) is 0.726. The summed E-state index contributed by atoms with van der Waals surface area (Å²) < 4.78 is 5.54. The molecule has 0 radical (unpaired) electrons. The van der Waals surface area contributed by atoms with E-state index in [4.69, 9.17) is 4.74 Å². The van der Waals surface area contributed by atoms with Gasteiger partial charge in [0.05, 0.1) is 13.2 Å². The van der Waals surface area contributed by atoms with Gasteiger partial charge in [-0.1, -0.05) is 43.3 Å². The van der Waals surface area contributed by atoms with Crippen LogP contribution in [0.2, 0.25) is 0 Å². The number of fused-ring (bicyclic) bond motifs is 1. The summed E-state index contributed by atoms with van der Waals surface area (Å²) >= 11 is 0. The molecule has 4 nitrogen and oxygen atoms in total. The quantitative estimate of drug-likeness (QED) is 0.659. The molecule has 0 aliphatic carbocycles. The van der Waals surface area contributed by atoms with Crippen LogP contribution in [0, 0.1) is 0 Å². The van der Waals surface area contributed by atoms with Crippen LogP contribution in [0.5, 0.6) is 5.75 Å². The molecular weight excluding hydrogens is 312 g/mol. The van der Waals surface area contributed by atoms with Crippen LogP contribution in [0.1, 0.15) is 13.3 Å². The zero-order valence-corrected chi connectivity index (χ0v) is 14.3. The molecule has 25 heavy (non-hydrogen) atoms. The van der Waals surface area contributed by atoms with Gasteiger partial charge in [-0.25, -0.2) is 0 Å². The number of benzene rings is 3. The maximum Gasteiger partial charge on any atom is 0.243 e. The standard InChI is InChI=1S/C21H22N2O2/c1-2-14-25-18-12-10-17(11-13-18)23-21(24)15-22-20-9-5-7-16-6-3-4-8-19(16)20/h3-13,22H,2,14-15H2,1H3,(H,23,24). The molecule has 128 valence electrons. The maximum absolute atomic E-state index is 12.2. The van der Waals surface area contributed by atoms with Gasteiger partial charge < -0.3 is 15.4 Å². The lowest BCUT2D eigenvalue weighted by molar-refractivity contribution is -0.114. The van der Waals surface area contributed by atoms with Crippen LogP contribution in [-0.4, -0.2) is 19.1 Å². The largest absolute Gasteiger partial charge is 0.494 e. The molecule has 3 aromatic rings. The van der Waals surface area contributed by atoms with E-state index in [9.17, 15) is 4.79 Å². The van der Waals surface area contributed by atoms with Crippen molar-refractivity contribution in [3.63, 3.8) is 0 Å². The molecule has 0 saturated heterocycles. The van der Waals surface area contributed by atoms with Crippen molar-refractivity contribution in [2.24, 2.45) is 0 Å². The molecule has 0 aromatic heterocycles. The highest BCUT2D eigenvalue weighted by molar-refractivity contribution is 5.97. The Morgan fingerprint density at radius 1 is 0.960 bits per heavy atom. The molecule has 0 unspecified atom stereocenters. The van der Waals surface area contributed by atoms with E-state index in [1.807, 2.05) is 54.6 Å². The van der Waals surface area contributed by atoms with Crippen molar-refractivity contribution in [2.45, 2.75) is 13.3 Å². The number of rotatable bonds is 7. The third-order valence-corrected chi connectivity index (χ3v) is 3.84. The van der Waals surface area contributed by atoms with Crippen LogP contribution in [0.3, 0.4) is 0 Å².